The Kier molecular flexibility index (Phi) is 10.2. The van der Waals surface area contributed by atoms with Gasteiger partial charge in [-0.3, -0.25) is 14.4 Å². The highest BCUT2D eigenvalue weighted by Gasteiger charge is 2.16. The lowest BCUT2D eigenvalue weighted by Gasteiger charge is -2.12. The average molecular weight is 633 g/mol. The van der Waals surface area contributed by atoms with Crippen molar-refractivity contribution in [3.05, 3.63) is 136 Å². The number of nitrogens with zero attached hydrogens (tertiary/aromatic N) is 1. The topological polar surface area (TPSA) is 100 Å². The molecule has 0 spiro atoms. The third kappa shape index (κ3) is 8.78. The normalized spacial score (nSPS) is 11.1. The minimum atomic E-state index is -0.468. The third-order valence-corrected chi connectivity index (χ3v) is 8.59. The van der Waals surface area contributed by atoms with Gasteiger partial charge in [-0.15, -0.1) is 23.1 Å². The SMILES string of the molecule is Cc1ccc(-c2nc(NC(=O)CSc3cccc(NC(=O)/C(=C\c4cccc(C)c4)NC(=O)c4ccccc4)c3)sc2C)cc1. The van der Waals surface area contributed by atoms with Gasteiger partial charge in [0.2, 0.25) is 5.91 Å². The first-order valence-electron chi connectivity index (χ1n) is 14.3. The minimum Gasteiger partial charge on any atom is -0.321 e. The molecule has 9 heteroatoms. The summed E-state index contributed by atoms with van der Waals surface area (Å²) in [5.74, 6) is -0.863. The van der Waals surface area contributed by atoms with Crippen molar-refractivity contribution in [1.82, 2.24) is 10.3 Å². The molecule has 3 amide bonds. The van der Waals surface area contributed by atoms with Gasteiger partial charge in [-0.1, -0.05) is 83.9 Å². The standard InChI is InChI=1S/C36H32N4O3S2/c1-23-15-17-27(18-16-23)33-25(3)45-36(40-33)39-32(41)22-44-30-14-8-13-29(21-30)37-35(43)31(20-26-10-7-9-24(2)19-26)38-34(42)28-11-5-4-6-12-28/h4-21H,22H2,1-3H3,(H,37,43)(H,38,42)(H,39,40,41)/b31-20+. The van der Waals surface area contributed by atoms with Crippen LogP contribution in [0.1, 0.15) is 31.9 Å². The lowest BCUT2D eigenvalue weighted by molar-refractivity contribution is -0.114. The second-order valence-electron chi connectivity index (χ2n) is 10.4. The Hall–Kier alpha value is -4.99. The highest BCUT2D eigenvalue weighted by molar-refractivity contribution is 8.00. The molecular weight excluding hydrogens is 601 g/mol. The quantitative estimate of drug-likeness (QED) is 0.107. The van der Waals surface area contributed by atoms with Crippen LogP contribution in [-0.2, 0) is 9.59 Å². The molecule has 1 heterocycles. The Morgan fingerprint density at radius 2 is 1.56 bits per heavy atom. The number of nitrogens with one attached hydrogen (secondary N) is 3. The molecule has 0 aliphatic heterocycles. The molecule has 1 aromatic heterocycles. The Balaban J connectivity index is 1.23. The van der Waals surface area contributed by atoms with E-state index >= 15 is 0 Å². The maximum Gasteiger partial charge on any atom is 0.272 e. The molecule has 0 aliphatic rings. The van der Waals surface area contributed by atoms with E-state index in [0.29, 0.717) is 16.4 Å². The molecule has 7 nitrogen and oxygen atoms in total. The maximum absolute atomic E-state index is 13.4. The van der Waals surface area contributed by atoms with E-state index in [2.05, 4.69) is 20.9 Å². The molecule has 226 valence electrons. The van der Waals surface area contributed by atoms with Crippen molar-refractivity contribution < 1.29 is 14.4 Å². The molecule has 5 aromatic rings. The van der Waals surface area contributed by atoms with E-state index in [1.807, 2.05) is 81.4 Å². The molecule has 0 saturated heterocycles. The van der Waals surface area contributed by atoms with Crippen LogP contribution in [0.3, 0.4) is 0 Å². The monoisotopic (exact) mass is 632 g/mol. The van der Waals surface area contributed by atoms with Gasteiger partial charge in [-0.2, -0.15) is 0 Å². The van der Waals surface area contributed by atoms with Crippen LogP contribution in [0, 0.1) is 20.8 Å². The molecule has 0 aliphatic carbocycles. The van der Waals surface area contributed by atoms with Crippen molar-refractivity contribution in [3.8, 4) is 11.3 Å². The number of anilines is 2. The second kappa shape index (κ2) is 14.7. The number of carbonyl (C=O) groups is 3. The zero-order valence-electron chi connectivity index (χ0n) is 25.1. The molecule has 0 fully saturated rings. The average Bonchev–Trinajstić information content (AvgIpc) is 3.40. The summed E-state index contributed by atoms with van der Waals surface area (Å²) in [4.78, 5) is 45.6. The number of thiazole rings is 1. The summed E-state index contributed by atoms with van der Waals surface area (Å²) in [6.07, 6.45) is 1.65. The first-order valence-corrected chi connectivity index (χ1v) is 16.1. The van der Waals surface area contributed by atoms with Gasteiger partial charge < -0.3 is 16.0 Å². The van der Waals surface area contributed by atoms with Gasteiger partial charge in [0, 0.05) is 26.6 Å². The number of aryl methyl sites for hydroxylation is 3. The lowest BCUT2D eigenvalue weighted by Crippen LogP contribution is -2.30. The fraction of sp³-hybridized carbons (Fsp3) is 0.111. The van der Waals surface area contributed by atoms with Crippen molar-refractivity contribution in [2.45, 2.75) is 25.7 Å². The van der Waals surface area contributed by atoms with Gasteiger partial charge in [-0.25, -0.2) is 4.98 Å². The van der Waals surface area contributed by atoms with Crippen LogP contribution in [0.25, 0.3) is 17.3 Å². The molecule has 0 unspecified atom stereocenters. The summed E-state index contributed by atoms with van der Waals surface area (Å²) in [6.45, 7) is 5.99. The van der Waals surface area contributed by atoms with Gasteiger partial charge in [0.15, 0.2) is 5.13 Å². The molecule has 45 heavy (non-hydrogen) atoms. The largest absolute Gasteiger partial charge is 0.321 e. The summed E-state index contributed by atoms with van der Waals surface area (Å²) >= 11 is 2.79. The number of hydrogen-bond donors (Lipinski definition) is 3. The molecule has 0 radical (unpaired) electrons. The molecule has 0 saturated carbocycles. The van der Waals surface area contributed by atoms with E-state index < -0.39 is 5.91 Å². The van der Waals surface area contributed by atoms with Crippen molar-refractivity contribution in [2.75, 3.05) is 16.4 Å². The molecule has 0 atom stereocenters. The predicted octanol–water partition coefficient (Wildman–Crippen LogP) is 7.88. The summed E-state index contributed by atoms with van der Waals surface area (Å²) in [7, 11) is 0. The van der Waals surface area contributed by atoms with Crippen LogP contribution in [0.15, 0.2) is 114 Å². The first-order chi connectivity index (χ1) is 21.7. The number of carbonyl (C=O) groups excluding carboxylic acids is 3. The van der Waals surface area contributed by atoms with E-state index in [1.165, 1.54) is 28.7 Å². The number of aromatic nitrogens is 1. The lowest BCUT2D eigenvalue weighted by atomic mass is 10.1. The van der Waals surface area contributed by atoms with Crippen molar-refractivity contribution in [2.24, 2.45) is 0 Å². The fourth-order valence-electron chi connectivity index (χ4n) is 4.46. The number of amides is 3. The number of hydrogen-bond acceptors (Lipinski definition) is 6. The van der Waals surface area contributed by atoms with E-state index in [0.717, 1.165) is 32.2 Å². The van der Waals surface area contributed by atoms with Gasteiger partial charge in [0.05, 0.1) is 11.4 Å². The second-order valence-corrected chi connectivity index (χ2v) is 12.7. The molecule has 3 N–H and O–H groups in total. The van der Waals surface area contributed by atoms with Crippen LogP contribution in [-0.4, -0.2) is 28.5 Å². The number of benzene rings is 4. The van der Waals surface area contributed by atoms with Crippen LogP contribution in [0.4, 0.5) is 10.8 Å². The Morgan fingerprint density at radius 1 is 0.800 bits per heavy atom. The van der Waals surface area contributed by atoms with E-state index in [4.69, 9.17) is 0 Å². The van der Waals surface area contributed by atoms with Gasteiger partial charge in [0.25, 0.3) is 11.8 Å². The van der Waals surface area contributed by atoms with Crippen LogP contribution in [0.5, 0.6) is 0 Å². The fourth-order valence-corrected chi connectivity index (χ4v) is 6.07. The molecular formula is C36H32N4O3S2. The summed E-state index contributed by atoms with van der Waals surface area (Å²) in [5, 5.41) is 9.11. The number of thioether (sulfide) groups is 1. The predicted molar refractivity (Wildman–Crippen MR) is 185 cm³/mol. The zero-order chi connectivity index (χ0) is 31.8. The molecule has 0 bridgehead atoms. The first kappa shape index (κ1) is 31.4. The Labute approximate surface area is 270 Å². The van der Waals surface area contributed by atoms with Crippen molar-refractivity contribution >= 4 is 57.7 Å². The van der Waals surface area contributed by atoms with Crippen LogP contribution < -0.4 is 16.0 Å². The Morgan fingerprint density at radius 3 is 2.31 bits per heavy atom. The van der Waals surface area contributed by atoms with Crippen LogP contribution in [0.2, 0.25) is 0 Å². The molecule has 4 aromatic carbocycles. The van der Waals surface area contributed by atoms with E-state index in [-0.39, 0.29) is 23.3 Å². The van der Waals surface area contributed by atoms with Gasteiger partial charge in [0.1, 0.15) is 5.70 Å². The van der Waals surface area contributed by atoms with Gasteiger partial charge >= 0.3 is 0 Å². The number of rotatable bonds is 10. The van der Waals surface area contributed by atoms with Crippen molar-refractivity contribution in [1.29, 1.82) is 0 Å². The summed E-state index contributed by atoms with van der Waals surface area (Å²) < 4.78 is 0. The highest BCUT2D eigenvalue weighted by Crippen LogP contribution is 2.31. The smallest absolute Gasteiger partial charge is 0.272 e. The zero-order valence-corrected chi connectivity index (χ0v) is 26.7. The maximum atomic E-state index is 13.4. The molecule has 5 rings (SSSR count). The minimum absolute atomic E-state index is 0.107. The Bertz CT molecular complexity index is 1870. The summed E-state index contributed by atoms with van der Waals surface area (Å²) in [5.41, 5.74) is 5.95. The van der Waals surface area contributed by atoms with E-state index in [1.54, 1.807) is 48.5 Å². The summed E-state index contributed by atoms with van der Waals surface area (Å²) in [6, 6.07) is 31.8. The third-order valence-electron chi connectivity index (χ3n) is 6.71. The highest BCUT2D eigenvalue weighted by atomic mass is 32.2. The van der Waals surface area contributed by atoms with Crippen LogP contribution >= 0.6 is 23.1 Å². The van der Waals surface area contributed by atoms with Crippen molar-refractivity contribution in [3.63, 3.8) is 0 Å². The van der Waals surface area contributed by atoms with E-state index in [9.17, 15) is 14.4 Å². The van der Waals surface area contributed by atoms with Gasteiger partial charge in [-0.05, 0) is 62.7 Å².